The number of aromatic amines is 3. The van der Waals surface area contributed by atoms with Gasteiger partial charge in [-0.3, -0.25) is 19.4 Å². The van der Waals surface area contributed by atoms with Crippen LogP contribution in [0.1, 0.15) is 11.4 Å². The second-order valence-electron chi connectivity index (χ2n) is 6.74. The van der Waals surface area contributed by atoms with Crippen LogP contribution in [-0.2, 0) is 24.4 Å². The first-order chi connectivity index (χ1) is 14.6. The van der Waals surface area contributed by atoms with E-state index in [2.05, 4.69) is 30.1 Å². The van der Waals surface area contributed by atoms with Gasteiger partial charge in [-0.15, -0.1) is 0 Å². The highest BCUT2D eigenvalue weighted by Gasteiger charge is 2.28. The lowest BCUT2D eigenvalue weighted by molar-refractivity contribution is -0.144. The van der Waals surface area contributed by atoms with E-state index in [1.807, 2.05) is 35.2 Å². The van der Waals surface area contributed by atoms with Crippen LogP contribution in [0.2, 0.25) is 0 Å². The minimum absolute atomic E-state index is 0.122. The third-order valence-electron chi connectivity index (χ3n) is 4.73. The fourth-order valence-corrected chi connectivity index (χ4v) is 3.48. The number of imidazole rings is 2. The molecule has 4 rings (SSSR count). The molecule has 0 saturated carbocycles. The van der Waals surface area contributed by atoms with Gasteiger partial charge >= 0.3 is 5.97 Å². The number of hydrogen-bond acceptors (Lipinski definition) is 6. The van der Waals surface area contributed by atoms with Crippen LogP contribution in [-0.4, -0.2) is 56.7 Å². The second-order valence-corrected chi connectivity index (χ2v) is 7.13. The van der Waals surface area contributed by atoms with Crippen LogP contribution in [0.25, 0.3) is 11.4 Å². The van der Waals surface area contributed by atoms with Crippen LogP contribution in [0.3, 0.4) is 0 Å². The zero-order chi connectivity index (χ0) is 20.9. The fourth-order valence-electron chi connectivity index (χ4n) is 3.27. The molecule has 0 aliphatic carbocycles. The Kier molecular flexibility index (Phi) is 5.82. The third-order valence-corrected chi connectivity index (χ3v) is 5.04. The lowest BCUT2D eigenvalue weighted by Crippen LogP contribution is -2.43. The molecule has 0 bridgehead atoms. The van der Waals surface area contributed by atoms with Crippen LogP contribution < -0.4 is 0 Å². The lowest BCUT2D eigenvalue weighted by Gasteiger charge is -2.28. The largest absolute Gasteiger partial charge is 0.480 e. The number of nitrogens with one attached hydrogen (secondary N) is 3. The van der Waals surface area contributed by atoms with Crippen molar-refractivity contribution in [1.29, 1.82) is 0 Å². The predicted molar refractivity (Wildman–Crippen MR) is 111 cm³/mol. The Morgan fingerprint density at radius 2 is 1.73 bits per heavy atom. The Balaban J connectivity index is 1.67. The first-order valence-corrected chi connectivity index (χ1v) is 9.64. The molecule has 0 radical (unpaired) electrons. The number of carboxylic acids is 1. The molecule has 0 unspecified atom stereocenters. The van der Waals surface area contributed by atoms with Gasteiger partial charge in [0.15, 0.2) is 10.6 Å². The summed E-state index contributed by atoms with van der Waals surface area (Å²) in [6.45, 7) is 0.848. The summed E-state index contributed by atoms with van der Waals surface area (Å²) in [7, 11) is 0. The highest BCUT2D eigenvalue weighted by atomic mass is 32.1. The molecule has 4 N–H and O–H groups in total. The van der Waals surface area contributed by atoms with Gasteiger partial charge in [0.05, 0.1) is 19.2 Å². The van der Waals surface area contributed by atoms with Gasteiger partial charge in [-0.1, -0.05) is 30.3 Å². The summed E-state index contributed by atoms with van der Waals surface area (Å²) >= 11 is 5.40. The van der Waals surface area contributed by atoms with Crippen molar-refractivity contribution in [2.45, 2.75) is 25.7 Å². The van der Waals surface area contributed by atoms with Gasteiger partial charge in [-0.05, 0) is 12.2 Å². The highest BCUT2D eigenvalue weighted by molar-refractivity contribution is 7.71. The molecule has 0 spiro atoms. The van der Waals surface area contributed by atoms with Crippen molar-refractivity contribution in [3.63, 3.8) is 0 Å². The minimum Gasteiger partial charge on any atom is -0.480 e. The van der Waals surface area contributed by atoms with E-state index < -0.39 is 12.0 Å². The molecule has 4 aromatic rings. The number of aliphatic carboxylic acids is 1. The average molecular weight is 424 g/mol. The molecule has 11 heteroatoms. The summed E-state index contributed by atoms with van der Waals surface area (Å²) in [5.74, 6) is -0.369. The highest BCUT2D eigenvalue weighted by Crippen LogP contribution is 2.19. The van der Waals surface area contributed by atoms with Crippen LogP contribution in [0.15, 0.2) is 55.4 Å². The Bertz CT molecular complexity index is 1100. The smallest absolute Gasteiger partial charge is 0.322 e. The number of hydrogen-bond donors (Lipinski definition) is 4. The number of rotatable bonds is 9. The van der Waals surface area contributed by atoms with Gasteiger partial charge in [0.2, 0.25) is 0 Å². The minimum atomic E-state index is -0.962. The molecular formula is C19H20N8O2S. The van der Waals surface area contributed by atoms with Gasteiger partial charge in [-0.2, -0.15) is 5.10 Å². The molecule has 0 aliphatic rings. The zero-order valence-corrected chi connectivity index (χ0v) is 16.7. The topological polar surface area (TPSA) is 132 Å². The van der Waals surface area contributed by atoms with Gasteiger partial charge in [0.25, 0.3) is 0 Å². The first-order valence-electron chi connectivity index (χ1n) is 9.24. The molecule has 0 amide bonds. The van der Waals surface area contributed by atoms with Gasteiger partial charge < -0.3 is 15.1 Å². The maximum atomic E-state index is 12.3. The number of benzene rings is 1. The number of aromatic nitrogens is 7. The normalized spacial score (nSPS) is 12.3. The molecule has 1 atom stereocenters. The SMILES string of the molecule is O=C(O)[C@H](Cn1c(-c2ccccc2)n[nH]c1=S)N(Cc1cnc[nH]1)Cc1cnc[nH]1. The fraction of sp³-hybridized carbons (Fsp3) is 0.211. The van der Waals surface area contributed by atoms with E-state index in [0.29, 0.717) is 23.7 Å². The molecule has 0 saturated heterocycles. The number of nitrogens with zero attached hydrogens (tertiary/aromatic N) is 5. The molecule has 10 nitrogen and oxygen atoms in total. The third kappa shape index (κ3) is 4.36. The van der Waals surface area contributed by atoms with Crippen molar-refractivity contribution in [3.8, 4) is 11.4 Å². The van der Waals surface area contributed by atoms with E-state index in [1.165, 1.54) is 0 Å². The Labute approximate surface area is 176 Å². The maximum Gasteiger partial charge on any atom is 0.322 e. The molecule has 3 heterocycles. The second kappa shape index (κ2) is 8.84. The monoisotopic (exact) mass is 424 g/mol. The van der Waals surface area contributed by atoms with Crippen molar-refractivity contribution in [2.24, 2.45) is 0 Å². The van der Waals surface area contributed by atoms with Crippen molar-refractivity contribution < 1.29 is 9.90 Å². The summed E-state index contributed by atoms with van der Waals surface area (Å²) < 4.78 is 2.08. The summed E-state index contributed by atoms with van der Waals surface area (Å²) in [4.78, 5) is 28.3. The van der Waals surface area contributed by atoms with Gasteiger partial charge in [-0.25, -0.2) is 9.97 Å². The Morgan fingerprint density at radius 1 is 1.10 bits per heavy atom. The average Bonchev–Trinajstić information content (AvgIpc) is 3.50. The molecular weight excluding hydrogens is 404 g/mol. The van der Waals surface area contributed by atoms with E-state index in [-0.39, 0.29) is 6.54 Å². The van der Waals surface area contributed by atoms with E-state index in [1.54, 1.807) is 29.6 Å². The van der Waals surface area contributed by atoms with Crippen LogP contribution >= 0.6 is 12.2 Å². The molecule has 3 aromatic heterocycles. The summed E-state index contributed by atoms with van der Waals surface area (Å²) in [5, 5.41) is 17.2. The number of H-pyrrole nitrogens is 3. The summed E-state index contributed by atoms with van der Waals surface area (Å²) in [5.41, 5.74) is 2.46. The quantitative estimate of drug-likeness (QED) is 0.303. The first kappa shape index (κ1) is 19.7. The molecule has 1 aromatic carbocycles. The van der Waals surface area contributed by atoms with E-state index in [0.717, 1.165) is 17.0 Å². The Hall–Kier alpha value is -3.57. The summed E-state index contributed by atoms with van der Waals surface area (Å²) in [6, 6.07) is 8.65. The zero-order valence-electron chi connectivity index (χ0n) is 15.9. The van der Waals surface area contributed by atoms with E-state index in [9.17, 15) is 9.90 Å². The van der Waals surface area contributed by atoms with Crippen molar-refractivity contribution in [3.05, 3.63) is 71.5 Å². The molecule has 30 heavy (non-hydrogen) atoms. The van der Waals surface area contributed by atoms with E-state index >= 15 is 0 Å². The van der Waals surface area contributed by atoms with E-state index in [4.69, 9.17) is 12.2 Å². The Morgan fingerprint density at radius 3 is 2.27 bits per heavy atom. The van der Waals surface area contributed by atoms with Crippen LogP contribution in [0, 0.1) is 4.77 Å². The van der Waals surface area contributed by atoms with Crippen molar-refractivity contribution in [1.82, 2.24) is 39.6 Å². The maximum absolute atomic E-state index is 12.3. The van der Waals surface area contributed by atoms with Crippen molar-refractivity contribution in [2.75, 3.05) is 0 Å². The van der Waals surface area contributed by atoms with Gasteiger partial charge in [0, 0.05) is 42.4 Å². The predicted octanol–water partition coefficient (Wildman–Crippen LogP) is 2.21. The van der Waals surface area contributed by atoms with Gasteiger partial charge in [0.1, 0.15) is 6.04 Å². The summed E-state index contributed by atoms with van der Waals surface area (Å²) in [6.07, 6.45) is 6.49. The van der Waals surface area contributed by atoms with Crippen molar-refractivity contribution >= 4 is 18.2 Å². The number of carboxylic acid groups (broad SMARTS) is 1. The number of carbonyl (C=O) groups is 1. The van der Waals surface area contributed by atoms with Crippen LogP contribution in [0.4, 0.5) is 0 Å². The standard InChI is InChI=1S/C19H20N8O2S/c28-18(29)16(10-27-17(24-25-19(27)30)13-4-2-1-3-5-13)26(8-14-6-20-11-22-14)9-15-7-21-12-23-15/h1-7,11-12,16H,8-10H2,(H,20,22)(H,21,23)(H,25,30)(H,28,29)/t16-/m0/s1. The lowest BCUT2D eigenvalue weighted by atomic mass is 10.2. The van der Waals surface area contributed by atoms with Crippen LogP contribution in [0.5, 0.6) is 0 Å². The molecule has 0 aliphatic heterocycles. The molecule has 0 fully saturated rings. The molecule has 154 valence electrons.